The zero-order chi connectivity index (χ0) is 17.8. The maximum Gasteiger partial charge on any atom is 0.387 e. The molecule has 6 heteroatoms. The van der Waals surface area contributed by atoms with E-state index in [1.807, 2.05) is 41.8 Å². The molecule has 0 atom stereocenters. The predicted molar refractivity (Wildman–Crippen MR) is 91.6 cm³/mol. The molecule has 0 radical (unpaired) electrons. The maximum atomic E-state index is 12.4. The first kappa shape index (κ1) is 17.0. The molecule has 0 aliphatic carbocycles. The van der Waals surface area contributed by atoms with E-state index >= 15 is 0 Å². The Morgan fingerprint density at radius 3 is 2.68 bits per heavy atom. The van der Waals surface area contributed by atoms with Crippen molar-refractivity contribution in [3.63, 3.8) is 0 Å². The lowest BCUT2D eigenvalue weighted by Gasteiger charge is -2.12. The van der Waals surface area contributed by atoms with Crippen molar-refractivity contribution in [2.45, 2.75) is 26.6 Å². The van der Waals surface area contributed by atoms with Gasteiger partial charge in [0, 0.05) is 23.3 Å². The highest BCUT2D eigenvalue weighted by Crippen LogP contribution is 2.21. The summed E-state index contributed by atoms with van der Waals surface area (Å²) in [6, 6.07) is 16.3. The summed E-state index contributed by atoms with van der Waals surface area (Å²) in [5.74, 6) is -0.128. The number of nitrogens with zero attached hydrogens (tertiary/aromatic N) is 1. The Kier molecular flexibility index (Phi) is 4.97. The van der Waals surface area contributed by atoms with Crippen LogP contribution in [0.15, 0.2) is 54.6 Å². The van der Waals surface area contributed by atoms with E-state index in [1.54, 1.807) is 18.2 Å². The number of fused-ring (bicyclic) bond motifs is 1. The number of hydrogen-bond acceptors (Lipinski definition) is 2. The van der Waals surface area contributed by atoms with Crippen LogP contribution in [0.1, 0.15) is 11.3 Å². The third-order valence-corrected chi connectivity index (χ3v) is 3.98. The fourth-order valence-electron chi connectivity index (χ4n) is 2.81. The summed E-state index contributed by atoms with van der Waals surface area (Å²) in [4.78, 5) is 12.3. The molecule has 1 heterocycles. The molecule has 0 spiro atoms. The third-order valence-electron chi connectivity index (χ3n) is 3.98. The SMILES string of the molecule is Cc1cc2ccccc2n1CC(=O)NCc1ccccc1OC(F)F. The molecule has 0 saturated heterocycles. The van der Waals surface area contributed by atoms with Crippen molar-refractivity contribution in [2.75, 3.05) is 0 Å². The molecule has 0 aliphatic rings. The highest BCUT2D eigenvalue weighted by molar-refractivity contribution is 5.84. The standard InChI is InChI=1S/C19H18F2N2O2/c1-13-10-14-6-2-4-8-16(14)23(13)12-18(24)22-11-15-7-3-5-9-17(15)25-19(20)21/h2-10,19H,11-12H2,1H3,(H,22,24). The first-order valence-corrected chi connectivity index (χ1v) is 7.89. The summed E-state index contributed by atoms with van der Waals surface area (Å²) in [6.45, 7) is -0.665. The van der Waals surface area contributed by atoms with Crippen LogP contribution in [0.25, 0.3) is 10.9 Å². The summed E-state index contributed by atoms with van der Waals surface area (Å²) in [5, 5.41) is 3.83. The van der Waals surface area contributed by atoms with Gasteiger partial charge in [0.1, 0.15) is 12.3 Å². The number of para-hydroxylation sites is 2. The van der Waals surface area contributed by atoms with E-state index in [0.29, 0.717) is 5.56 Å². The van der Waals surface area contributed by atoms with Gasteiger partial charge in [0.15, 0.2) is 0 Å². The van der Waals surface area contributed by atoms with Crippen LogP contribution in [-0.2, 0) is 17.9 Å². The second kappa shape index (κ2) is 7.34. The van der Waals surface area contributed by atoms with Gasteiger partial charge in [0.2, 0.25) is 5.91 Å². The fourth-order valence-corrected chi connectivity index (χ4v) is 2.81. The molecule has 0 bridgehead atoms. The molecule has 4 nitrogen and oxygen atoms in total. The largest absolute Gasteiger partial charge is 0.434 e. The van der Waals surface area contributed by atoms with Crippen LogP contribution < -0.4 is 10.1 Å². The Morgan fingerprint density at radius 2 is 1.88 bits per heavy atom. The normalized spacial score (nSPS) is 11.0. The van der Waals surface area contributed by atoms with Gasteiger partial charge in [-0.25, -0.2) is 0 Å². The number of halogens is 2. The minimum atomic E-state index is -2.90. The average molecular weight is 344 g/mol. The molecule has 1 N–H and O–H groups in total. The quantitative estimate of drug-likeness (QED) is 0.738. The van der Waals surface area contributed by atoms with Crippen LogP contribution in [0, 0.1) is 6.92 Å². The lowest BCUT2D eigenvalue weighted by atomic mass is 10.2. The Hall–Kier alpha value is -2.89. The molecular weight excluding hydrogens is 326 g/mol. The number of carbonyl (C=O) groups excluding carboxylic acids is 1. The molecule has 25 heavy (non-hydrogen) atoms. The first-order chi connectivity index (χ1) is 12.0. The minimum absolute atomic E-state index is 0.0698. The van der Waals surface area contributed by atoms with Crippen molar-refractivity contribution < 1.29 is 18.3 Å². The summed E-state index contributed by atoms with van der Waals surface area (Å²) in [7, 11) is 0. The van der Waals surface area contributed by atoms with Gasteiger partial charge in [-0.2, -0.15) is 8.78 Å². The van der Waals surface area contributed by atoms with Crippen LogP contribution in [-0.4, -0.2) is 17.1 Å². The number of nitrogens with one attached hydrogen (secondary N) is 1. The number of rotatable bonds is 6. The van der Waals surface area contributed by atoms with E-state index in [9.17, 15) is 13.6 Å². The van der Waals surface area contributed by atoms with E-state index in [2.05, 4.69) is 10.1 Å². The Morgan fingerprint density at radius 1 is 1.16 bits per heavy atom. The van der Waals surface area contributed by atoms with Gasteiger partial charge in [-0.3, -0.25) is 4.79 Å². The zero-order valence-corrected chi connectivity index (χ0v) is 13.7. The summed E-state index contributed by atoms with van der Waals surface area (Å²) in [6.07, 6.45) is 0. The van der Waals surface area contributed by atoms with Gasteiger partial charge in [-0.15, -0.1) is 0 Å². The van der Waals surface area contributed by atoms with Crippen LogP contribution in [0.5, 0.6) is 5.75 Å². The first-order valence-electron chi connectivity index (χ1n) is 7.89. The van der Waals surface area contributed by atoms with Crippen LogP contribution in [0.4, 0.5) is 8.78 Å². The number of carbonyl (C=O) groups is 1. The highest BCUT2D eigenvalue weighted by Gasteiger charge is 2.12. The lowest BCUT2D eigenvalue weighted by molar-refractivity contribution is -0.121. The fraction of sp³-hybridized carbons (Fsp3) is 0.211. The average Bonchev–Trinajstić information content (AvgIpc) is 2.89. The van der Waals surface area contributed by atoms with Gasteiger partial charge >= 0.3 is 6.61 Å². The van der Waals surface area contributed by atoms with Gasteiger partial charge in [0.05, 0.1) is 0 Å². The maximum absolute atomic E-state index is 12.4. The molecular formula is C19H18F2N2O2. The van der Waals surface area contributed by atoms with Gasteiger partial charge in [0.25, 0.3) is 0 Å². The zero-order valence-electron chi connectivity index (χ0n) is 13.7. The number of ether oxygens (including phenoxy) is 1. The molecule has 1 amide bonds. The van der Waals surface area contributed by atoms with E-state index in [-0.39, 0.29) is 24.7 Å². The summed E-state index contributed by atoms with van der Waals surface area (Å²) >= 11 is 0. The van der Waals surface area contributed by atoms with Gasteiger partial charge in [-0.05, 0) is 30.5 Å². The number of amides is 1. The molecule has 0 fully saturated rings. The van der Waals surface area contributed by atoms with E-state index in [4.69, 9.17) is 0 Å². The predicted octanol–water partition coefficient (Wildman–Crippen LogP) is 3.87. The number of aryl methyl sites for hydroxylation is 1. The molecule has 1 aromatic heterocycles. The smallest absolute Gasteiger partial charge is 0.387 e. The van der Waals surface area contributed by atoms with Crippen molar-refractivity contribution >= 4 is 16.8 Å². The molecule has 0 aliphatic heterocycles. The van der Waals surface area contributed by atoms with E-state index < -0.39 is 6.61 Å². The topological polar surface area (TPSA) is 43.3 Å². The Bertz CT molecular complexity index is 890. The lowest BCUT2D eigenvalue weighted by Crippen LogP contribution is -2.27. The molecule has 0 saturated carbocycles. The van der Waals surface area contributed by atoms with Crippen molar-refractivity contribution in [3.8, 4) is 5.75 Å². The van der Waals surface area contributed by atoms with Crippen molar-refractivity contribution in [1.82, 2.24) is 9.88 Å². The highest BCUT2D eigenvalue weighted by atomic mass is 19.3. The van der Waals surface area contributed by atoms with Crippen LogP contribution in [0.3, 0.4) is 0 Å². The summed E-state index contributed by atoms with van der Waals surface area (Å²) < 4.78 is 31.3. The molecule has 0 unspecified atom stereocenters. The molecule has 3 aromatic rings. The van der Waals surface area contributed by atoms with Gasteiger partial charge in [-0.1, -0.05) is 36.4 Å². The monoisotopic (exact) mass is 344 g/mol. The van der Waals surface area contributed by atoms with Crippen molar-refractivity contribution in [1.29, 1.82) is 0 Å². The molecule has 3 rings (SSSR count). The van der Waals surface area contributed by atoms with Crippen LogP contribution >= 0.6 is 0 Å². The number of hydrogen-bond donors (Lipinski definition) is 1. The molecule has 130 valence electrons. The summed E-state index contributed by atoms with van der Waals surface area (Å²) in [5.41, 5.74) is 2.47. The second-order valence-electron chi connectivity index (χ2n) is 5.69. The van der Waals surface area contributed by atoms with Crippen LogP contribution in [0.2, 0.25) is 0 Å². The number of aromatic nitrogens is 1. The second-order valence-corrected chi connectivity index (χ2v) is 5.69. The Balaban J connectivity index is 1.68. The van der Waals surface area contributed by atoms with E-state index in [1.165, 1.54) is 6.07 Å². The minimum Gasteiger partial charge on any atom is -0.434 e. The number of benzene rings is 2. The van der Waals surface area contributed by atoms with E-state index in [0.717, 1.165) is 16.6 Å². The Labute approximate surface area is 144 Å². The number of alkyl halides is 2. The van der Waals surface area contributed by atoms with Crippen molar-refractivity contribution in [2.24, 2.45) is 0 Å². The molecule has 2 aromatic carbocycles. The van der Waals surface area contributed by atoms with Gasteiger partial charge < -0.3 is 14.6 Å². The van der Waals surface area contributed by atoms with Crippen molar-refractivity contribution in [3.05, 3.63) is 65.9 Å². The third kappa shape index (κ3) is 3.96.